The largest absolute Gasteiger partial charge is 0.298 e. The number of thiophene rings is 1. The van der Waals surface area contributed by atoms with Crippen molar-refractivity contribution in [3.05, 3.63) is 53.5 Å². The monoisotopic (exact) mass is 333 g/mol. The minimum Gasteiger partial charge on any atom is -0.298 e. The van der Waals surface area contributed by atoms with Gasteiger partial charge in [-0.15, -0.1) is 11.3 Å². The number of nitrogens with zero attached hydrogens (tertiary/aromatic N) is 2. The topological polar surface area (TPSA) is 95.0 Å². The second-order valence-electron chi connectivity index (χ2n) is 4.51. The molecule has 2 N–H and O–H groups in total. The van der Waals surface area contributed by atoms with Crippen LogP contribution >= 0.6 is 11.3 Å². The van der Waals surface area contributed by atoms with Gasteiger partial charge < -0.3 is 0 Å². The number of primary sulfonamides is 1. The zero-order valence-electron chi connectivity index (χ0n) is 11.2. The van der Waals surface area contributed by atoms with Crippen LogP contribution in [0.4, 0.5) is 0 Å². The molecular formula is C14H11N3O3S2. The number of rotatable bonds is 4. The average molecular weight is 333 g/mol. The van der Waals surface area contributed by atoms with Crippen molar-refractivity contribution in [3.8, 4) is 16.3 Å². The van der Waals surface area contributed by atoms with Gasteiger partial charge in [-0.05, 0) is 35.7 Å². The predicted octanol–water partition coefficient (Wildman–Crippen LogP) is 2.06. The van der Waals surface area contributed by atoms with Gasteiger partial charge in [-0.3, -0.25) is 4.79 Å². The second kappa shape index (κ2) is 5.48. The van der Waals surface area contributed by atoms with E-state index in [-0.39, 0.29) is 4.90 Å². The Hall–Kier alpha value is -2.29. The van der Waals surface area contributed by atoms with Crippen molar-refractivity contribution < 1.29 is 13.2 Å². The molecule has 8 heteroatoms. The minimum atomic E-state index is -3.73. The minimum absolute atomic E-state index is 0.0255. The lowest BCUT2D eigenvalue weighted by Gasteiger charge is -2.02. The van der Waals surface area contributed by atoms with Crippen LogP contribution in [-0.2, 0) is 10.0 Å². The van der Waals surface area contributed by atoms with Crippen LogP contribution in [0.25, 0.3) is 16.3 Å². The van der Waals surface area contributed by atoms with Gasteiger partial charge in [0, 0.05) is 6.20 Å². The standard InChI is InChI=1S/C14H11N3O3S2/c15-22(19,20)12-5-3-11(4-6-12)17-8-10(9-18)14(16-17)13-2-1-7-21-13/h1-9H,(H2,15,19,20). The number of aromatic nitrogens is 2. The summed E-state index contributed by atoms with van der Waals surface area (Å²) >= 11 is 1.49. The summed E-state index contributed by atoms with van der Waals surface area (Å²) < 4.78 is 24.0. The first-order chi connectivity index (χ1) is 10.5. The Balaban J connectivity index is 2.04. The number of nitrogens with two attached hydrogens (primary N) is 1. The summed E-state index contributed by atoms with van der Waals surface area (Å²) in [6, 6.07) is 9.73. The molecule has 0 radical (unpaired) electrons. The van der Waals surface area contributed by atoms with E-state index >= 15 is 0 Å². The van der Waals surface area contributed by atoms with Gasteiger partial charge in [-0.2, -0.15) is 5.10 Å². The Kier molecular flexibility index (Phi) is 3.65. The van der Waals surface area contributed by atoms with E-state index in [2.05, 4.69) is 5.10 Å². The van der Waals surface area contributed by atoms with E-state index in [0.29, 0.717) is 16.9 Å². The summed E-state index contributed by atoms with van der Waals surface area (Å²) in [6.45, 7) is 0. The summed E-state index contributed by atoms with van der Waals surface area (Å²) in [6.07, 6.45) is 2.35. The van der Waals surface area contributed by atoms with Gasteiger partial charge in [0.15, 0.2) is 6.29 Å². The van der Waals surface area contributed by atoms with Crippen LogP contribution in [0.15, 0.2) is 52.9 Å². The molecule has 3 rings (SSSR count). The Labute approximate surface area is 130 Å². The molecule has 6 nitrogen and oxygen atoms in total. The van der Waals surface area contributed by atoms with Gasteiger partial charge in [0.25, 0.3) is 0 Å². The molecule has 0 saturated heterocycles. The van der Waals surface area contributed by atoms with Crippen molar-refractivity contribution in [1.29, 1.82) is 0 Å². The smallest absolute Gasteiger partial charge is 0.238 e. The molecule has 0 amide bonds. The van der Waals surface area contributed by atoms with E-state index in [9.17, 15) is 13.2 Å². The molecule has 1 aromatic carbocycles. The van der Waals surface area contributed by atoms with Crippen molar-refractivity contribution in [2.75, 3.05) is 0 Å². The lowest BCUT2D eigenvalue weighted by molar-refractivity contribution is 0.112. The third-order valence-electron chi connectivity index (χ3n) is 3.05. The van der Waals surface area contributed by atoms with E-state index in [4.69, 9.17) is 5.14 Å². The van der Waals surface area contributed by atoms with E-state index in [1.165, 1.54) is 28.2 Å². The van der Waals surface area contributed by atoms with Crippen LogP contribution in [-0.4, -0.2) is 24.5 Å². The average Bonchev–Trinajstić information content (AvgIpc) is 3.15. The molecule has 0 spiro atoms. The van der Waals surface area contributed by atoms with Gasteiger partial charge in [0.2, 0.25) is 10.0 Å². The number of benzene rings is 1. The normalized spacial score (nSPS) is 11.5. The van der Waals surface area contributed by atoms with Crippen LogP contribution < -0.4 is 5.14 Å². The highest BCUT2D eigenvalue weighted by Crippen LogP contribution is 2.26. The Bertz CT molecular complexity index is 911. The van der Waals surface area contributed by atoms with Gasteiger partial charge in [0.05, 0.1) is 21.0 Å². The van der Waals surface area contributed by atoms with Crippen LogP contribution in [0.3, 0.4) is 0 Å². The third kappa shape index (κ3) is 2.71. The van der Waals surface area contributed by atoms with Crippen LogP contribution in [0.2, 0.25) is 0 Å². The van der Waals surface area contributed by atoms with Gasteiger partial charge in [0.1, 0.15) is 5.69 Å². The molecule has 2 heterocycles. The van der Waals surface area contributed by atoms with Crippen molar-refractivity contribution in [2.45, 2.75) is 4.90 Å². The van der Waals surface area contributed by atoms with E-state index in [1.54, 1.807) is 18.3 Å². The van der Waals surface area contributed by atoms with Crippen LogP contribution in [0, 0.1) is 0 Å². The molecule has 2 aromatic heterocycles. The summed E-state index contributed by atoms with van der Waals surface area (Å²) in [5, 5.41) is 11.4. The molecule has 0 fully saturated rings. The molecular weight excluding hydrogens is 322 g/mol. The zero-order valence-corrected chi connectivity index (χ0v) is 12.8. The summed E-state index contributed by atoms with van der Waals surface area (Å²) in [5.74, 6) is 0. The van der Waals surface area contributed by atoms with E-state index in [1.807, 2.05) is 17.5 Å². The van der Waals surface area contributed by atoms with Crippen molar-refractivity contribution >= 4 is 27.6 Å². The maximum Gasteiger partial charge on any atom is 0.238 e. The molecule has 0 aliphatic carbocycles. The molecule has 0 bridgehead atoms. The molecule has 0 saturated carbocycles. The number of aldehydes is 1. The number of sulfonamides is 1. The first kappa shape index (κ1) is 14.6. The second-order valence-corrected chi connectivity index (χ2v) is 7.02. The molecule has 0 atom stereocenters. The first-order valence-corrected chi connectivity index (χ1v) is 8.63. The summed E-state index contributed by atoms with van der Waals surface area (Å²) in [4.78, 5) is 12.1. The molecule has 0 unspecified atom stereocenters. The molecule has 0 aliphatic heterocycles. The highest BCUT2D eigenvalue weighted by Gasteiger charge is 2.13. The molecule has 22 heavy (non-hydrogen) atoms. The zero-order chi connectivity index (χ0) is 15.7. The third-order valence-corrected chi connectivity index (χ3v) is 4.86. The van der Waals surface area contributed by atoms with Crippen LogP contribution in [0.1, 0.15) is 10.4 Å². The summed E-state index contributed by atoms with van der Waals surface area (Å²) in [5.41, 5.74) is 1.71. The van der Waals surface area contributed by atoms with Crippen molar-refractivity contribution in [2.24, 2.45) is 5.14 Å². The Morgan fingerprint density at radius 1 is 1.18 bits per heavy atom. The maximum absolute atomic E-state index is 11.3. The fraction of sp³-hybridized carbons (Fsp3) is 0. The fourth-order valence-corrected chi connectivity index (χ4v) is 3.25. The quantitative estimate of drug-likeness (QED) is 0.739. The van der Waals surface area contributed by atoms with Crippen molar-refractivity contribution in [1.82, 2.24) is 9.78 Å². The van der Waals surface area contributed by atoms with E-state index in [0.717, 1.165) is 11.2 Å². The van der Waals surface area contributed by atoms with Gasteiger partial charge >= 0.3 is 0 Å². The molecule has 112 valence electrons. The number of hydrogen-bond acceptors (Lipinski definition) is 5. The SMILES string of the molecule is NS(=O)(=O)c1ccc(-n2cc(C=O)c(-c3cccs3)n2)cc1. The number of carbonyl (C=O) groups is 1. The Morgan fingerprint density at radius 3 is 2.45 bits per heavy atom. The van der Waals surface area contributed by atoms with Crippen molar-refractivity contribution in [3.63, 3.8) is 0 Å². The van der Waals surface area contributed by atoms with Crippen LogP contribution in [0.5, 0.6) is 0 Å². The van der Waals surface area contributed by atoms with Gasteiger partial charge in [-0.25, -0.2) is 18.2 Å². The molecule has 0 aliphatic rings. The fourth-order valence-electron chi connectivity index (χ4n) is 2.00. The maximum atomic E-state index is 11.3. The predicted molar refractivity (Wildman–Crippen MR) is 83.6 cm³/mol. The highest BCUT2D eigenvalue weighted by molar-refractivity contribution is 7.89. The lowest BCUT2D eigenvalue weighted by Crippen LogP contribution is -2.12. The molecule has 3 aromatic rings. The Morgan fingerprint density at radius 2 is 1.91 bits per heavy atom. The number of hydrogen-bond donors (Lipinski definition) is 1. The van der Waals surface area contributed by atoms with Gasteiger partial charge in [-0.1, -0.05) is 6.07 Å². The lowest BCUT2D eigenvalue weighted by atomic mass is 10.2. The highest BCUT2D eigenvalue weighted by atomic mass is 32.2. The first-order valence-electron chi connectivity index (χ1n) is 6.21. The number of carbonyl (C=O) groups excluding carboxylic acids is 1. The van der Waals surface area contributed by atoms with E-state index < -0.39 is 10.0 Å². The summed E-state index contributed by atoms with van der Waals surface area (Å²) in [7, 11) is -3.73.